The van der Waals surface area contributed by atoms with Gasteiger partial charge in [-0.2, -0.15) is 0 Å². The van der Waals surface area contributed by atoms with Crippen LogP contribution in [0.1, 0.15) is 27.9 Å². The summed E-state index contributed by atoms with van der Waals surface area (Å²) in [6.07, 6.45) is -0.0575. The molecule has 0 saturated heterocycles. The molecule has 3 heteroatoms. The summed E-state index contributed by atoms with van der Waals surface area (Å²) in [7, 11) is 0. The van der Waals surface area contributed by atoms with Crippen LogP contribution in [0.2, 0.25) is 0 Å². The number of nitrogens with zero attached hydrogens (tertiary/aromatic N) is 1. The molecule has 0 bridgehead atoms. The Morgan fingerprint density at radius 3 is 2.00 bits per heavy atom. The molecule has 3 nitrogen and oxygen atoms in total. The summed E-state index contributed by atoms with van der Waals surface area (Å²) in [5, 5.41) is 0. The molecule has 100 valence electrons. The van der Waals surface area contributed by atoms with Crippen LogP contribution in [0.15, 0.2) is 54.6 Å². The summed E-state index contributed by atoms with van der Waals surface area (Å²) in [5.41, 5.74) is 2.94. The molecular weight excluding hydrogens is 250 g/mol. The summed E-state index contributed by atoms with van der Waals surface area (Å²) in [6.45, 7) is 1.22. The predicted octanol–water partition coefficient (Wildman–Crippen LogP) is 2.80. The molecule has 0 unspecified atom stereocenters. The number of carbonyl (C=O) groups excluding carboxylic acids is 2. The Labute approximate surface area is 117 Å². The number of ketones is 1. The van der Waals surface area contributed by atoms with E-state index in [2.05, 4.69) is 0 Å². The van der Waals surface area contributed by atoms with Gasteiger partial charge in [0.25, 0.3) is 0 Å². The second kappa shape index (κ2) is 5.29. The van der Waals surface area contributed by atoms with E-state index in [1.807, 2.05) is 42.5 Å². The van der Waals surface area contributed by atoms with Gasteiger partial charge in [0, 0.05) is 18.7 Å². The normalized spacial score (nSPS) is 13.1. The van der Waals surface area contributed by atoms with Gasteiger partial charge >= 0.3 is 0 Å². The van der Waals surface area contributed by atoms with Gasteiger partial charge in [-0.05, 0) is 11.1 Å². The molecular formula is C17H15NO2. The summed E-state index contributed by atoms with van der Waals surface area (Å²) < 4.78 is 0. The van der Waals surface area contributed by atoms with E-state index in [9.17, 15) is 9.59 Å². The first-order valence-electron chi connectivity index (χ1n) is 6.67. The zero-order chi connectivity index (χ0) is 13.9. The molecule has 0 fully saturated rings. The van der Waals surface area contributed by atoms with Gasteiger partial charge in [-0.3, -0.25) is 9.59 Å². The van der Waals surface area contributed by atoms with E-state index in [1.54, 1.807) is 17.0 Å². The Bertz CT molecular complexity index is 624. The number of fused-ring (bicyclic) bond motifs is 1. The van der Waals surface area contributed by atoms with Crippen molar-refractivity contribution in [3.63, 3.8) is 0 Å². The third-order valence-corrected chi connectivity index (χ3v) is 3.60. The molecule has 1 aliphatic heterocycles. The number of hydrogen-bond donors (Lipinski definition) is 0. The second-order valence-corrected chi connectivity index (χ2v) is 4.98. The van der Waals surface area contributed by atoms with Crippen LogP contribution in [0.25, 0.3) is 0 Å². The van der Waals surface area contributed by atoms with Gasteiger partial charge < -0.3 is 4.90 Å². The van der Waals surface area contributed by atoms with Crippen LogP contribution in [0, 0.1) is 0 Å². The summed E-state index contributed by atoms with van der Waals surface area (Å²) in [6, 6.07) is 17.0. The molecule has 0 atom stereocenters. The second-order valence-electron chi connectivity index (χ2n) is 4.98. The molecule has 2 aromatic rings. The van der Waals surface area contributed by atoms with Crippen molar-refractivity contribution in [2.24, 2.45) is 0 Å². The minimum atomic E-state index is -0.119. The lowest BCUT2D eigenvalue weighted by Crippen LogP contribution is -2.27. The molecule has 0 saturated carbocycles. The van der Waals surface area contributed by atoms with Gasteiger partial charge in [0.15, 0.2) is 5.78 Å². The van der Waals surface area contributed by atoms with Crippen LogP contribution in [-0.2, 0) is 17.9 Å². The Morgan fingerprint density at radius 2 is 1.40 bits per heavy atom. The van der Waals surface area contributed by atoms with E-state index in [0.29, 0.717) is 18.7 Å². The van der Waals surface area contributed by atoms with Crippen molar-refractivity contribution in [1.82, 2.24) is 4.90 Å². The highest BCUT2D eigenvalue weighted by molar-refractivity contribution is 6.07. The molecule has 0 N–H and O–H groups in total. The van der Waals surface area contributed by atoms with Gasteiger partial charge in [0.05, 0.1) is 6.42 Å². The number of Topliss-reactive ketones (excluding diaryl/α,β-unsaturated/α-hetero) is 1. The Kier molecular flexibility index (Phi) is 3.33. The van der Waals surface area contributed by atoms with Crippen molar-refractivity contribution in [3.8, 4) is 0 Å². The van der Waals surface area contributed by atoms with Crippen LogP contribution >= 0.6 is 0 Å². The zero-order valence-corrected chi connectivity index (χ0v) is 11.1. The number of benzene rings is 2. The molecule has 0 aromatic heterocycles. The lowest BCUT2D eigenvalue weighted by atomic mass is 10.1. The maximum absolute atomic E-state index is 12.2. The molecule has 0 radical (unpaired) electrons. The Morgan fingerprint density at radius 1 is 0.850 bits per heavy atom. The van der Waals surface area contributed by atoms with Crippen molar-refractivity contribution >= 4 is 11.7 Å². The average Bonchev–Trinajstić information content (AvgIpc) is 2.92. The van der Waals surface area contributed by atoms with Crippen LogP contribution in [0.4, 0.5) is 0 Å². The van der Waals surface area contributed by atoms with E-state index < -0.39 is 0 Å². The van der Waals surface area contributed by atoms with E-state index in [1.165, 1.54) is 11.1 Å². The fraction of sp³-hybridized carbons (Fsp3) is 0.176. The SMILES string of the molecule is O=C(CC(=O)N1Cc2ccccc2C1)c1ccccc1. The van der Waals surface area contributed by atoms with E-state index in [0.717, 1.165) is 0 Å². The molecule has 3 rings (SSSR count). The number of rotatable bonds is 3. The van der Waals surface area contributed by atoms with Gasteiger partial charge in [0.1, 0.15) is 0 Å². The smallest absolute Gasteiger partial charge is 0.231 e. The van der Waals surface area contributed by atoms with E-state index in [4.69, 9.17) is 0 Å². The topological polar surface area (TPSA) is 37.4 Å². The standard InChI is InChI=1S/C17H15NO2/c19-16(13-6-2-1-3-7-13)10-17(20)18-11-14-8-4-5-9-15(14)12-18/h1-9H,10-12H2. The monoisotopic (exact) mass is 265 g/mol. The Hall–Kier alpha value is -2.42. The third kappa shape index (κ3) is 2.48. The maximum Gasteiger partial charge on any atom is 0.231 e. The van der Waals surface area contributed by atoms with Gasteiger partial charge in [-0.15, -0.1) is 0 Å². The summed E-state index contributed by atoms with van der Waals surface area (Å²) >= 11 is 0. The molecule has 0 aliphatic carbocycles. The third-order valence-electron chi connectivity index (χ3n) is 3.60. The van der Waals surface area contributed by atoms with Crippen LogP contribution in [0.3, 0.4) is 0 Å². The molecule has 1 heterocycles. The fourth-order valence-corrected chi connectivity index (χ4v) is 2.48. The minimum Gasteiger partial charge on any atom is -0.334 e. The first-order chi connectivity index (χ1) is 9.74. The van der Waals surface area contributed by atoms with Crippen molar-refractivity contribution in [1.29, 1.82) is 0 Å². The first kappa shape index (κ1) is 12.6. The highest BCUT2D eigenvalue weighted by atomic mass is 16.2. The predicted molar refractivity (Wildman–Crippen MR) is 76.1 cm³/mol. The van der Waals surface area contributed by atoms with E-state index >= 15 is 0 Å². The van der Waals surface area contributed by atoms with E-state index in [-0.39, 0.29) is 18.1 Å². The maximum atomic E-state index is 12.2. The number of amides is 1. The largest absolute Gasteiger partial charge is 0.334 e. The van der Waals surface area contributed by atoms with Crippen LogP contribution in [0.5, 0.6) is 0 Å². The van der Waals surface area contributed by atoms with Crippen LogP contribution in [-0.4, -0.2) is 16.6 Å². The minimum absolute atomic E-state index is 0.0575. The quantitative estimate of drug-likeness (QED) is 0.632. The molecule has 0 spiro atoms. The lowest BCUT2D eigenvalue weighted by Gasteiger charge is -2.14. The van der Waals surface area contributed by atoms with Crippen molar-refractivity contribution in [2.45, 2.75) is 19.5 Å². The lowest BCUT2D eigenvalue weighted by molar-refractivity contribution is -0.130. The highest BCUT2D eigenvalue weighted by Crippen LogP contribution is 2.23. The Balaban J connectivity index is 1.66. The fourth-order valence-electron chi connectivity index (χ4n) is 2.48. The zero-order valence-electron chi connectivity index (χ0n) is 11.1. The average molecular weight is 265 g/mol. The molecule has 20 heavy (non-hydrogen) atoms. The van der Waals surface area contributed by atoms with Crippen molar-refractivity contribution in [2.75, 3.05) is 0 Å². The summed E-state index contributed by atoms with van der Waals surface area (Å²) in [4.78, 5) is 26.0. The van der Waals surface area contributed by atoms with Gasteiger partial charge in [-0.25, -0.2) is 0 Å². The van der Waals surface area contributed by atoms with Gasteiger partial charge in [-0.1, -0.05) is 54.6 Å². The van der Waals surface area contributed by atoms with Crippen LogP contribution < -0.4 is 0 Å². The summed E-state index contributed by atoms with van der Waals surface area (Å²) in [5.74, 6) is -0.221. The molecule has 2 aromatic carbocycles. The number of hydrogen-bond acceptors (Lipinski definition) is 2. The first-order valence-corrected chi connectivity index (χ1v) is 6.67. The van der Waals surface area contributed by atoms with Crippen molar-refractivity contribution < 1.29 is 9.59 Å². The highest BCUT2D eigenvalue weighted by Gasteiger charge is 2.24. The number of carbonyl (C=O) groups is 2. The molecule has 1 amide bonds. The van der Waals surface area contributed by atoms with Gasteiger partial charge in [0.2, 0.25) is 5.91 Å². The van der Waals surface area contributed by atoms with Crippen molar-refractivity contribution in [3.05, 3.63) is 71.3 Å². The molecule has 1 aliphatic rings.